The number of hydrogen-bond acceptors (Lipinski definition) is 2. The number of fused-ring (bicyclic) bond motifs is 1. The molecule has 0 spiro atoms. The highest BCUT2D eigenvalue weighted by Gasteiger charge is 2.26. The number of carboxylic acids is 1. The van der Waals surface area contributed by atoms with E-state index in [0.717, 1.165) is 0 Å². The zero-order valence-electron chi connectivity index (χ0n) is 8.37. The quantitative estimate of drug-likeness (QED) is 0.756. The fourth-order valence-electron chi connectivity index (χ4n) is 1.78. The van der Waals surface area contributed by atoms with Crippen molar-refractivity contribution in [2.24, 2.45) is 5.92 Å². The highest BCUT2D eigenvalue weighted by Crippen LogP contribution is 2.26. The summed E-state index contributed by atoms with van der Waals surface area (Å²) in [5, 5.41) is 11.4. The molecular weight excluding hydrogens is 213 g/mol. The Morgan fingerprint density at radius 2 is 2.19 bits per heavy atom. The lowest BCUT2D eigenvalue weighted by molar-refractivity contribution is -0.143. The third-order valence-electron chi connectivity index (χ3n) is 2.59. The van der Waals surface area contributed by atoms with Crippen LogP contribution in [0.3, 0.4) is 0 Å². The Bertz CT molecular complexity index is 459. The Morgan fingerprint density at radius 1 is 1.44 bits per heavy atom. The lowest BCUT2D eigenvalue weighted by Crippen LogP contribution is -2.20. The maximum absolute atomic E-state index is 12.9. The second-order valence-corrected chi connectivity index (χ2v) is 3.79. The van der Waals surface area contributed by atoms with Crippen LogP contribution in [0.4, 0.5) is 10.1 Å². The maximum Gasteiger partial charge on any atom is 0.307 e. The fraction of sp³-hybridized carbons (Fsp3) is 0.273. The molecule has 1 amide bonds. The summed E-state index contributed by atoms with van der Waals surface area (Å²) in [4.78, 5) is 22.3. The van der Waals surface area contributed by atoms with Gasteiger partial charge in [0.05, 0.1) is 5.92 Å². The molecule has 2 N–H and O–H groups in total. The van der Waals surface area contributed by atoms with E-state index in [-0.39, 0.29) is 12.8 Å². The van der Waals surface area contributed by atoms with E-state index in [2.05, 4.69) is 5.32 Å². The van der Waals surface area contributed by atoms with Gasteiger partial charge in [-0.1, -0.05) is 6.07 Å². The third-order valence-corrected chi connectivity index (χ3v) is 2.59. The molecule has 1 aliphatic heterocycles. The SMILES string of the molecule is O=C1CC(C(=O)O)Cc2ccc(F)cc2N1. The minimum absolute atomic E-state index is 0.0777. The number of carbonyl (C=O) groups is 2. The van der Waals surface area contributed by atoms with Crippen molar-refractivity contribution >= 4 is 17.6 Å². The number of halogens is 1. The van der Waals surface area contributed by atoms with Crippen LogP contribution < -0.4 is 5.32 Å². The molecule has 0 aromatic heterocycles. The molecule has 0 fully saturated rings. The van der Waals surface area contributed by atoms with Gasteiger partial charge in [-0.25, -0.2) is 4.39 Å². The lowest BCUT2D eigenvalue weighted by atomic mass is 9.97. The summed E-state index contributed by atoms with van der Waals surface area (Å²) in [5.74, 6) is -2.59. The Hall–Kier alpha value is -1.91. The van der Waals surface area contributed by atoms with Gasteiger partial charge in [-0.15, -0.1) is 0 Å². The van der Waals surface area contributed by atoms with Crippen LogP contribution in [0.15, 0.2) is 18.2 Å². The summed E-state index contributed by atoms with van der Waals surface area (Å²) >= 11 is 0. The van der Waals surface area contributed by atoms with E-state index >= 15 is 0 Å². The predicted molar refractivity (Wildman–Crippen MR) is 54.5 cm³/mol. The number of amides is 1. The molecule has 1 aliphatic rings. The van der Waals surface area contributed by atoms with Crippen LogP contribution in [0, 0.1) is 11.7 Å². The number of rotatable bonds is 1. The molecule has 1 atom stereocenters. The lowest BCUT2D eigenvalue weighted by Gasteiger charge is -2.07. The van der Waals surface area contributed by atoms with E-state index in [1.165, 1.54) is 18.2 Å². The van der Waals surface area contributed by atoms with E-state index in [9.17, 15) is 14.0 Å². The Kier molecular flexibility index (Phi) is 2.60. The van der Waals surface area contributed by atoms with Crippen molar-refractivity contribution in [2.45, 2.75) is 12.8 Å². The monoisotopic (exact) mass is 223 g/mol. The van der Waals surface area contributed by atoms with Gasteiger partial charge in [0, 0.05) is 12.1 Å². The van der Waals surface area contributed by atoms with Gasteiger partial charge in [-0.2, -0.15) is 0 Å². The molecule has 1 unspecified atom stereocenters. The molecule has 5 heteroatoms. The Balaban J connectivity index is 2.39. The van der Waals surface area contributed by atoms with Crippen molar-refractivity contribution in [2.75, 3.05) is 5.32 Å². The maximum atomic E-state index is 12.9. The summed E-state index contributed by atoms with van der Waals surface area (Å²) in [6, 6.07) is 3.97. The number of carbonyl (C=O) groups excluding carboxylic acids is 1. The zero-order chi connectivity index (χ0) is 11.7. The minimum atomic E-state index is -1.01. The van der Waals surface area contributed by atoms with Crippen molar-refractivity contribution in [3.63, 3.8) is 0 Å². The number of nitrogens with one attached hydrogen (secondary N) is 1. The molecule has 16 heavy (non-hydrogen) atoms. The topological polar surface area (TPSA) is 66.4 Å². The average Bonchev–Trinajstić information content (AvgIpc) is 2.35. The molecule has 1 aromatic carbocycles. The highest BCUT2D eigenvalue weighted by atomic mass is 19.1. The normalized spacial score (nSPS) is 19.6. The molecule has 0 aliphatic carbocycles. The standard InChI is InChI=1S/C11H10FNO3/c12-8-2-1-6-3-7(11(15)16)4-10(14)13-9(6)5-8/h1-2,5,7H,3-4H2,(H,13,14)(H,15,16). The molecule has 1 heterocycles. The molecule has 0 saturated heterocycles. The molecule has 84 valence electrons. The predicted octanol–water partition coefficient (Wildman–Crippen LogP) is 1.41. The van der Waals surface area contributed by atoms with Gasteiger partial charge in [0.2, 0.25) is 5.91 Å². The van der Waals surface area contributed by atoms with Gasteiger partial charge in [0.15, 0.2) is 0 Å². The number of aliphatic carboxylic acids is 1. The first-order valence-corrected chi connectivity index (χ1v) is 4.87. The van der Waals surface area contributed by atoms with Gasteiger partial charge in [0.1, 0.15) is 5.82 Å². The van der Waals surface area contributed by atoms with Crippen LogP contribution in [0.25, 0.3) is 0 Å². The van der Waals surface area contributed by atoms with E-state index in [0.29, 0.717) is 11.3 Å². The first kappa shape index (κ1) is 10.6. The number of hydrogen-bond donors (Lipinski definition) is 2. The van der Waals surface area contributed by atoms with Gasteiger partial charge >= 0.3 is 5.97 Å². The summed E-state index contributed by atoms with van der Waals surface area (Å²) in [6.45, 7) is 0. The minimum Gasteiger partial charge on any atom is -0.481 e. The van der Waals surface area contributed by atoms with Crippen molar-refractivity contribution in [1.29, 1.82) is 0 Å². The van der Waals surface area contributed by atoms with E-state index in [4.69, 9.17) is 5.11 Å². The molecule has 1 aromatic rings. The largest absolute Gasteiger partial charge is 0.481 e. The van der Waals surface area contributed by atoms with Crippen LogP contribution in [-0.2, 0) is 16.0 Å². The second-order valence-electron chi connectivity index (χ2n) is 3.79. The van der Waals surface area contributed by atoms with Crippen molar-refractivity contribution in [3.05, 3.63) is 29.6 Å². The summed E-state index contributed by atoms with van der Waals surface area (Å²) in [6.07, 6.45) is 0.162. The van der Waals surface area contributed by atoms with Crippen molar-refractivity contribution in [3.8, 4) is 0 Å². The first-order valence-electron chi connectivity index (χ1n) is 4.87. The van der Waals surface area contributed by atoms with Crippen LogP contribution in [-0.4, -0.2) is 17.0 Å². The molecule has 2 rings (SSSR count). The smallest absolute Gasteiger partial charge is 0.307 e. The Labute approximate surface area is 91.1 Å². The number of benzene rings is 1. The van der Waals surface area contributed by atoms with Crippen LogP contribution >= 0.6 is 0 Å². The first-order chi connectivity index (χ1) is 7.56. The van der Waals surface area contributed by atoms with Gasteiger partial charge < -0.3 is 10.4 Å². The van der Waals surface area contributed by atoms with E-state index < -0.39 is 23.6 Å². The molecule has 0 radical (unpaired) electrons. The van der Waals surface area contributed by atoms with Gasteiger partial charge in [0.25, 0.3) is 0 Å². The molecule has 0 bridgehead atoms. The zero-order valence-corrected chi connectivity index (χ0v) is 8.37. The third kappa shape index (κ3) is 2.03. The van der Waals surface area contributed by atoms with Gasteiger partial charge in [-0.05, 0) is 24.1 Å². The number of carboxylic acid groups (broad SMARTS) is 1. The number of anilines is 1. The average molecular weight is 223 g/mol. The van der Waals surface area contributed by atoms with Crippen LogP contribution in [0.1, 0.15) is 12.0 Å². The summed E-state index contributed by atoms with van der Waals surface area (Å²) in [7, 11) is 0. The van der Waals surface area contributed by atoms with Gasteiger partial charge in [-0.3, -0.25) is 9.59 Å². The Morgan fingerprint density at radius 3 is 2.88 bits per heavy atom. The van der Waals surface area contributed by atoms with Crippen molar-refractivity contribution in [1.82, 2.24) is 0 Å². The molecule has 4 nitrogen and oxygen atoms in total. The highest BCUT2D eigenvalue weighted by molar-refractivity contribution is 5.95. The fourth-order valence-corrected chi connectivity index (χ4v) is 1.78. The molecule has 0 saturated carbocycles. The second kappa shape index (κ2) is 3.92. The molecular formula is C11H10FNO3. The van der Waals surface area contributed by atoms with Crippen LogP contribution in [0.2, 0.25) is 0 Å². The summed E-state index contributed by atoms with van der Waals surface area (Å²) < 4.78 is 12.9. The van der Waals surface area contributed by atoms with Crippen molar-refractivity contribution < 1.29 is 19.1 Å². The summed E-state index contributed by atoms with van der Waals surface area (Å²) in [5.41, 5.74) is 1.02. The van der Waals surface area contributed by atoms with E-state index in [1.54, 1.807) is 0 Å². The van der Waals surface area contributed by atoms with E-state index in [1.807, 2.05) is 0 Å². The van der Waals surface area contributed by atoms with Crippen LogP contribution in [0.5, 0.6) is 0 Å².